The fourth-order valence-corrected chi connectivity index (χ4v) is 2.41. The van der Waals surface area contributed by atoms with Crippen LogP contribution in [0.25, 0.3) is 11.5 Å². The predicted octanol–water partition coefficient (Wildman–Crippen LogP) is 3.81. The predicted molar refractivity (Wildman–Crippen MR) is 91.3 cm³/mol. The highest BCUT2D eigenvalue weighted by molar-refractivity contribution is 6.33. The average Bonchev–Trinajstić information content (AvgIpc) is 3.12. The van der Waals surface area contributed by atoms with E-state index in [1.807, 2.05) is 0 Å². The van der Waals surface area contributed by atoms with Gasteiger partial charge in [-0.25, -0.2) is 4.98 Å². The molecule has 0 unspecified atom stereocenters. The van der Waals surface area contributed by atoms with Crippen molar-refractivity contribution in [3.8, 4) is 11.5 Å². The second kappa shape index (κ2) is 7.28. The fourth-order valence-electron chi connectivity index (χ4n) is 2.25. The molecular weight excluding hydrogens is 387 g/mol. The number of hydrogen-bond acceptors (Lipinski definition) is 4. The minimum atomic E-state index is -4.58. The summed E-state index contributed by atoms with van der Waals surface area (Å²) in [6.45, 7) is -0.448. The molecule has 3 rings (SSSR count). The Hall–Kier alpha value is -3.07. The van der Waals surface area contributed by atoms with Crippen molar-refractivity contribution in [1.82, 2.24) is 9.55 Å². The van der Waals surface area contributed by atoms with Crippen LogP contribution in [-0.4, -0.2) is 15.5 Å². The van der Waals surface area contributed by atoms with E-state index >= 15 is 0 Å². The van der Waals surface area contributed by atoms with E-state index in [9.17, 15) is 22.8 Å². The van der Waals surface area contributed by atoms with Gasteiger partial charge in [-0.15, -0.1) is 0 Å². The van der Waals surface area contributed by atoms with Gasteiger partial charge in [-0.2, -0.15) is 13.2 Å². The average molecular weight is 398 g/mol. The summed E-state index contributed by atoms with van der Waals surface area (Å²) in [5.41, 5.74) is -1.39. The second-order valence-electron chi connectivity index (χ2n) is 5.46. The first-order valence-corrected chi connectivity index (χ1v) is 7.89. The minimum absolute atomic E-state index is 0.0602. The summed E-state index contributed by atoms with van der Waals surface area (Å²) in [6, 6.07) is 7.00. The SMILES string of the molecule is O=C(Cn1cnc(-c2ccco2)cc1=O)Nc1cc(C(F)(F)F)ccc1Cl. The van der Waals surface area contributed by atoms with Gasteiger partial charge in [0.25, 0.3) is 5.56 Å². The van der Waals surface area contributed by atoms with Gasteiger partial charge >= 0.3 is 6.18 Å². The summed E-state index contributed by atoms with van der Waals surface area (Å²) in [7, 11) is 0. The molecule has 0 atom stereocenters. The van der Waals surface area contributed by atoms with Crippen molar-refractivity contribution in [3.63, 3.8) is 0 Å². The quantitative estimate of drug-likeness (QED) is 0.726. The van der Waals surface area contributed by atoms with Crippen LogP contribution in [0.3, 0.4) is 0 Å². The number of halogens is 4. The number of carbonyl (C=O) groups excluding carboxylic acids is 1. The van der Waals surface area contributed by atoms with E-state index in [1.165, 1.54) is 12.3 Å². The molecule has 0 aliphatic carbocycles. The standard InChI is InChI=1S/C17H11ClF3N3O3/c18-11-4-3-10(17(19,20)21)6-12(11)23-15(25)8-24-9-22-13(7-16(24)26)14-2-1-5-27-14/h1-7,9H,8H2,(H,23,25). The Labute approximate surface area is 155 Å². The molecule has 6 nitrogen and oxygen atoms in total. The summed E-state index contributed by atoms with van der Waals surface area (Å²) in [6.07, 6.45) is -2.01. The van der Waals surface area contributed by atoms with Crippen molar-refractivity contribution in [1.29, 1.82) is 0 Å². The first kappa shape index (κ1) is 18.7. The Balaban J connectivity index is 1.76. The molecule has 0 saturated carbocycles. The molecule has 10 heteroatoms. The lowest BCUT2D eigenvalue weighted by atomic mass is 10.2. The topological polar surface area (TPSA) is 77.1 Å². The summed E-state index contributed by atoms with van der Waals surface area (Å²) in [5, 5.41) is 2.20. The van der Waals surface area contributed by atoms with E-state index in [0.717, 1.165) is 29.1 Å². The zero-order valence-corrected chi connectivity index (χ0v) is 14.2. The van der Waals surface area contributed by atoms with Gasteiger partial charge in [0.2, 0.25) is 5.91 Å². The number of rotatable bonds is 4. The molecule has 2 heterocycles. The molecule has 0 saturated heterocycles. The van der Waals surface area contributed by atoms with E-state index in [-0.39, 0.29) is 10.7 Å². The Bertz CT molecular complexity index is 1030. The number of furan rings is 1. The first-order valence-electron chi connectivity index (χ1n) is 7.51. The van der Waals surface area contributed by atoms with Gasteiger partial charge in [0.15, 0.2) is 5.76 Å². The molecule has 0 radical (unpaired) electrons. The van der Waals surface area contributed by atoms with Crippen molar-refractivity contribution >= 4 is 23.2 Å². The third-order valence-electron chi connectivity index (χ3n) is 3.53. The van der Waals surface area contributed by atoms with Crippen LogP contribution in [0, 0.1) is 0 Å². The molecule has 1 N–H and O–H groups in total. The molecule has 0 spiro atoms. The molecule has 0 aliphatic rings. The Morgan fingerprint density at radius 1 is 1.26 bits per heavy atom. The largest absolute Gasteiger partial charge is 0.463 e. The van der Waals surface area contributed by atoms with Crippen LogP contribution in [0.2, 0.25) is 5.02 Å². The molecule has 1 aromatic carbocycles. The smallest absolute Gasteiger partial charge is 0.416 e. The number of benzene rings is 1. The maximum absolute atomic E-state index is 12.8. The van der Waals surface area contributed by atoms with Gasteiger partial charge in [-0.3, -0.25) is 14.2 Å². The van der Waals surface area contributed by atoms with Crippen molar-refractivity contribution in [2.75, 3.05) is 5.32 Å². The van der Waals surface area contributed by atoms with Gasteiger partial charge in [0, 0.05) is 6.07 Å². The van der Waals surface area contributed by atoms with E-state index < -0.39 is 29.8 Å². The Kier molecular flexibility index (Phi) is 5.04. The molecule has 1 amide bonds. The van der Waals surface area contributed by atoms with Crippen molar-refractivity contribution in [3.05, 3.63) is 69.9 Å². The zero-order valence-electron chi connectivity index (χ0n) is 13.5. The molecule has 3 aromatic rings. The lowest BCUT2D eigenvalue weighted by Gasteiger charge is -2.12. The number of nitrogens with one attached hydrogen (secondary N) is 1. The normalized spacial score (nSPS) is 11.4. The number of amides is 1. The van der Waals surface area contributed by atoms with Crippen LogP contribution in [0.4, 0.5) is 18.9 Å². The number of carbonyl (C=O) groups is 1. The van der Waals surface area contributed by atoms with Crippen LogP contribution in [0.1, 0.15) is 5.56 Å². The third kappa shape index (κ3) is 4.37. The van der Waals surface area contributed by atoms with E-state index in [1.54, 1.807) is 12.1 Å². The van der Waals surface area contributed by atoms with Crippen LogP contribution >= 0.6 is 11.6 Å². The van der Waals surface area contributed by atoms with Gasteiger partial charge < -0.3 is 9.73 Å². The molecule has 0 aliphatic heterocycles. The van der Waals surface area contributed by atoms with E-state index in [0.29, 0.717) is 11.5 Å². The van der Waals surface area contributed by atoms with E-state index in [4.69, 9.17) is 16.0 Å². The van der Waals surface area contributed by atoms with Gasteiger partial charge in [0.1, 0.15) is 12.2 Å². The number of aromatic nitrogens is 2. The number of nitrogens with zero attached hydrogens (tertiary/aromatic N) is 2. The number of alkyl halides is 3. The van der Waals surface area contributed by atoms with Crippen molar-refractivity contribution < 1.29 is 22.4 Å². The van der Waals surface area contributed by atoms with Gasteiger partial charge in [-0.1, -0.05) is 11.6 Å². The Morgan fingerprint density at radius 2 is 2.04 bits per heavy atom. The summed E-state index contributed by atoms with van der Waals surface area (Å²) in [5.74, 6) is -0.342. The lowest BCUT2D eigenvalue weighted by molar-refractivity contribution is -0.137. The third-order valence-corrected chi connectivity index (χ3v) is 3.86. The van der Waals surface area contributed by atoms with Gasteiger partial charge in [-0.05, 0) is 30.3 Å². The molecule has 140 valence electrons. The highest BCUT2D eigenvalue weighted by Gasteiger charge is 2.31. The summed E-state index contributed by atoms with van der Waals surface area (Å²) >= 11 is 5.83. The summed E-state index contributed by atoms with van der Waals surface area (Å²) < 4.78 is 44.5. The minimum Gasteiger partial charge on any atom is -0.463 e. The molecule has 0 fully saturated rings. The first-order chi connectivity index (χ1) is 12.7. The van der Waals surface area contributed by atoms with Crippen molar-refractivity contribution in [2.45, 2.75) is 12.7 Å². The molecule has 2 aromatic heterocycles. The second-order valence-corrected chi connectivity index (χ2v) is 5.87. The Morgan fingerprint density at radius 3 is 2.67 bits per heavy atom. The maximum Gasteiger partial charge on any atom is 0.416 e. The molecule has 0 bridgehead atoms. The number of anilines is 1. The fraction of sp³-hybridized carbons (Fsp3) is 0.118. The van der Waals surface area contributed by atoms with Crippen LogP contribution in [-0.2, 0) is 17.5 Å². The highest BCUT2D eigenvalue weighted by atomic mass is 35.5. The zero-order chi connectivity index (χ0) is 19.6. The van der Waals surface area contributed by atoms with Crippen LogP contribution < -0.4 is 10.9 Å². The van der Waals surface area contributed by atoms with Crippen molar-refractivity contribution in [2.24, 2.45) is 0 Å². The highest BCUT2D eigenvalue weighted by Crippen LogP contribution is 2.33. The molecule has 27 heavy (non-hydrogen) atoms. The maximum atomic E-state index is 12.8. The van der Waals surface area contributed by atoms with E-state index in [2.05, 4.69) is 10.3 Å². The monoisotopic (exact) mass is 397 g/mol. The number of hydrogen-bond donors (Lipinski definition) is 1. The summed E-state index contributed by atoms with van der Waals surface area (Å²) in [4.78, 5) is 28.2. The lowest BCUT2D eigenvalue weighted by Crippen LogP contribution is -2.27. The van der Waals surface area contributed by atoms with Crippen LogP contribution in [0.5, 0.6) is 0 Å². The van der Waals surface area contributed by atoms with Crippen LogP contribution in [0.15, 0.2) is 58.2 Å². The van der Waals surface area contributed by atoms with Gasteiger partial charge in [0.05, 0.1) is 28.9 Å². The molecular formula is C17H11ClF3N3O3.